The van der Waals surface area contributed by atoms with Crippen molar-refractivity contribution in [3.8, 4) is 23.6 Å². The molecule has 6 rings (SSSR count). The van der Waals surface area contributed by atoms with Gasteiger partial charge in [-0.2, -0.15) is 5.10 Å². The third kappa shape index (κ3) is 4.26. The fourth-order valence-electron chi connectivity index (χ4n) is 6.41. The number of carbonyl (C=O) groups excluding carboxylic acids is 2. The van der Waals surface area contributed by atoms with E-state index in [1.54, 1.807) is 17.0 Å². The number of nitrogens with one attached hydrogen (secondary N) is 1. The standard InChI is InChI=1S/C31H31N7O2/c1-5-26(39)37-15-19-12-24(37)25(13-19)38-30-27(29(32)33-16-34-30)28(36-38)20-7-6-8-21(14-20)31(40)35-22-9-10-23(17(2)3)18(4)11-22/h1,6-11,14,16-17,19,24-25H,12-13,15H2,2-4H3,(H,35,40)(H2,32,33,34). The van der Waals surface area contributed by atoms with Gasteiger partial charge >= 0.3 is 0 Å². The lowest BCUT2D eigenvalue weighted by molar-refractivity contribution is -0.127. The van der Waals surface area contributed by atoms with Gasteiger partial charge in [0.25, 0.3) is 11.8 Å². The van der Waals surface area contributed by atoms with E-state index in [1.807, 2.05) is 28.9 Å². The van der Waals surface area contributed by atoms with E-state index < -0.39 is 0 Å². The van der Waals surface area contributed by atoms with E-state index in [2.05, 4.69) is 48.0 Å². The van der Waals surface area contributed by atoms with Gasteiger partial charge in [-0.15, -0.1) is 6.42 Å². The van der Waals surface area contributed by atoms with Crippen molar-refractivity contribution in [1.82, 2.24) is 24.6 Å². The molecule has 2 fully saturated rings. The quantitative estimate of drug-likeness (QED) is 0.363. The van der Waals surface area contributed by atoms with Crippen LogP contribution in [0.1, 0.15) is 60.1 Å². The predicted octanol–water partition coefficient (Wildman–Crippen LogP) is 4.55. The Kier molecular flexibility index (Phi) is 6.26. The summed E-state index contributed by atoms with van der Waals surface area (Å²) in [7, 11) is 0. The monoisotopic (exact) mass is 533 g/mol. The van der Waals surface area contributed by atoms with Crippen molar-refractivity contribution in [1.29, 1.82) is 0 Å². The van der Waals surface area contributed by atoms with E-state index in [9.17, 15) is 9.59 Å². The molecule has 2 aliphatic rings. The lowest BCUT2D eigenvalue weighted by Crippen LogP contribution is -2.42. The average molecular weight is 534 g/mol. The minimum atomic E-state index is -0.296. The fourth-order valence-corrected chi connectivity index (χ4v) is 6.41. The molecule has 2 amide bonds. The summed E-state index contributed by atoms with van der Waals surface area (Å²) >= 11 is 0. The van der Waals surface area contributed by atoms with E-state index in [1.165, 1.54) is 11.9 Å². The summed E-state index contributed by atoms with van der Waals surface area (Å²) in [4.78, 5) is 36.2. The number of nitrogens with zero attached hydrogens (tertiary/aromatic N) is 5. The van der Waals surface area contributed by atoms with Crippen LogP contribution in [0, 0.1) is 25.2 Å². The third-order valence-electron chi connectivity index (χ3n) is 8.21. The zero-order valence-electron chi connectivity index (χ0n) is 22.8. The van der Waals surface area contributed by atoms with Gasteiger partial charge in [-0.3, -0.25) is 9.59 Å². The van der Waals surface area contributed by atoms with Crippen LogP contribution in [-0.2, 0) is 4.79 Å². The summed E-state index contributed by atoms with van der Waals surface area (Å²) in [6.45, 7) is 7.03. The summed E-state index contributed by atoms with van der Waals surface area (Å²) in [5.74, 6) is 2.82. The first kappa shape index (κ1) is 25.6. The van der Waals surface area contributed by atoms with Crippen molar-refractivity contribution in [2.24, 2.45) is 5.92 Å². The lowest BCUT2D eigenvalue weighted by atomic mass is 9.97. The molecule has 0 radical (unpaired) electrons. The Morgan fingerprint density at radius 1 is 1.12 bits per heavy atom. The van der Waals surface area contributed by atoms with Crippen LogP contribution < -0.4 is 11.1 Å². The summed E-state index contributed by atoms with van der Waals surface area (Å²) in [6.07, 6.45) is 8.61. The second kappa shape index (κ2) is 9.79. The van der Waals surface area contributed by atoms with Crippen molar-refractivity contribution in [3.05, 3.63) is 65.5 Å². The van der Waals surface area contributed by atoms with Gasteiger partial charge in [-0.25, -0.2) is 14.6 Å². The molecule has 0 spiro atoms. The van der Waals surface area contributed by atoms with Gasteiger partial charge < -0.3 is 16.0 Å². The topological polar surface area (TPSA) is 119 Å². The third-order valence-corrected chi connectivity index (χ3v) is 8.21. The molecule has 3 N–H and O–H groups in total. The number of rotatable bonds is 5. The molecule has 1 aliphatic carbocycles. The molecular formula is C31H31N7O2. The number of amides is 2. The molecule has 3 heterocycles. The maximum Gasteiger partial charge on any atom is 0.298 e. The van der Waals surface area contributed by atoms with E-state index in [0.29, 0.717) is 46.5 Å². The number of anilines is 2. The maximum atomic E-state index is 13.2. The van der Waals surface area contributed by atoms with Crippen LogP contribution in [0.15, 0.2) is 48.8 Å². The average Bonchev–Trinajstić information content (AvgIpc) is 3.66. The highest BCUT2D eigenvalue weighted by Crippen LogP contribution is 2.46. The first-order chi connectivity index (χ1) is 19.2. The van der Waals surface area contributed by atoms with Crippen LogP contribution in [-0.4, -0.2) is 49.0 Å². The van der Waals surface area contributed by atoms with Gasteiger partial charge in [0, 0.05) is 23.4 Å². The molecule has 202 valence electrons. The predicted molar refractivity (Wildman–Crippen MR) is 154 cm³/mol. The number of nitrogens with two attached hydrogens (primary N) is 1. The number of likely N-dealkylation sites (tertiary alicyclic amines) is 1. The van der Waals surface area contributed by atoms with Gasteiger partial charge in [-0.1, -0.05) is 32.0 Å². The highest BCUT2D eigenvalue weighted by molar-refractivity contribution is 6.06. The Morgan fingerprint density at radius 3 is 2.65 bits per heavy atom. The van der Waals surface area contributed by atoms with Gasteiger partial charge in [0.2, 0.25) is 0 Å². The van der Waals surface area contributed by atoms with E-state index >= 15 is 0 Å². The molecule has 9 nitrogen and oxygen atoms in total. The Bertz CT molecular complexity index is 1700. The summed E-state index contributed by atoms with van der Waals surface area (Å²) in [6, 6.07) is 13.1. The first-order valence-corrected chi connectivity index (χ1v) is 13.5. The lowest BCUT2D eigenvalue weighted by Gasteiger charge is -2.32. The molecule has 2 aromatic heterocycles. The number of hydrogen-bond acceptors (Lipinski definition) is 6. The van der Waals surface area contributed by atoms with Crippen molar-refractivity contribution < 1.29 is 9.59 Å². The fraction of sp³-hybridized carbons (Fsp3) is 0.323. The number of hydrogen-bond donors (Lipinski definition) is 2. The van der Waals surface area contributed by atoms with Gasteiger partial charge in [0.1, 0.15) is 17.8 Å². The molecule has 4 aromatic rings. The number of nitrogen functional groups attached to an aromatic ring is 1. The highest BCUT2D eigenvalue weighted by atomic mass is 16.2. The van der Waals surface area contributed by atoms with Crippen LogP contribution >= 0.6 is 0 Å². The van der Waals surface area contributed by atoms with Crippen LogP contribution in [0.4, 0.5) is 11.5 Å². The van der Waals surface area contributed by atoms with Crippen molar-refractivity contribution in [3.63, 3.8) is 0 Å². The number of piperidine rings is 1. The van der Waals surface area contributed by atoms with Crippen molar-refractivity contribution in [2.75, 3.05) is 17.6 Å². The Morgan fingerprint density at radius 2 is 1.93 bits per heavy atom. The summed E-state index contributed by atoms with van der Waals surface area (Å²) in [5, 5.41) is 8.61. The molecule has 40 heavy (non-hydrogen) atoms. The van der Waals surface area contributed by atoms with Gasteiger partial charge in [0.05, 0.1) is 17.5 Å². The minimum Gasteiger partial charge on any atom is -0.383 e. The van der Waals surface area contributed by atoms with Crippen LogP contribution in [0.25, 0.3) is 22.3 Å². The number of fused-ring (bicyclic) bond motifs is 3. The van der Waals surface area contributed by atoms with E-state index in [4.69, 9.17) is 17.3 Å². The van der Waals surface area contributed by atoms with Crippen LogP contribution in [0.3, 0.4) is 0 Å². The SMILES string of the molecule is C#CC(=O)N1CC2CC1C(n1nc(-c3cccc(C(=O)Nc4ccc(C(C)C)c(C)c4)c3)c3c(N)ncnc31)C2. The molecule has 2 bridgehead atoms. The zero-order chi connectivity index (χ0) is 28.1. The van der Waals surface area contributed by atoms with Crippen LogP contribution in [0.2, 0.25) is 0 Å². The first-order valence-electron chi connectivity index (χ1n) is 13.5. The smallest absolute Gasteiger partial charge is 0.298 e. The normalized spacial score (nSPS) is 19.8. The second-order valence-corrected chi connectivity index (χ2v) is 11.1. The van der Waals surface area contributed by atoms with Crippen molar-refractivity contribution >= 4 is 34.4 Å². The maximum absolute atomic E-state index is 13.2. The highest BCUT2D eigenvalue weighted by Gasteiger charge is 2.48. The number of aryl methyl sites for hydroxylation is 1. The Hall–Kier alpha value is -4.71. The van der Waals surface area contributed by atoms with Gasteiger partial charge in [-0.05, 0) is 72.9 Å². The van der Waals surface area contributed by atoms with Crippen molar-refractivity contribution in [2.45, 2.75) is 51.6 Å². The molecule has 9 heteroatoms. The zero-order valence-corrected chi connectivity index (χ0v) is 22.8. The van der Waals surface area contributed by atoms with Gasteiger partial charge in [0.15, 0.2) is 5.65 Å². The number of aromatic nitrogens is 4. The van der Waals surface area contributed by atoms with E-state index in [-0.39, 0.29) is 23.9 Å². The van der Waals surface area contributed by atoms with E-state index in [0.717, 1.165) is 29.7 Å². The largest absolute Gasteiger partial charge is 0.383 e. The number of carbonyl (C=O) groups is 2. The molecule has 1 aliphatic heterocycles. The number of benzene rings is 2. The molecule has 3 unspecified atom stereocenters. The molecule has 3 atom stereocenters. The molecule has 2 aromatic carbocycles. The van der Waals surface area contributed by atoms with Crippen LogP contribution in [0.5, 0.6) is 0 Å². The molecule has 1 saturated heterocycles. The second-order valence-electron chi connectivity index (χ2n) is 11.1. The summed E-state index contributed by atoms with van der Waals surface area (Å²) < 4.78 is 1.87. The Balaban J connectivity index is 1.35. The summed E-state index contributed by atoms with van der Waals surface area (Å²) in [5.41, 5.74) is 11.9. The molecule has 1 saturated carbocycles. The molecular weight excluding hydrogens is 502 g/mol. The Labute approximate surface area is 232 Å². The number of terminal acetylenes is 1. The minimum absolute atomic E-state index is 0.0525.